The lowest BCUT2D eigenvalue weighted by atomic mass is 10.0. The van der Waals surface area contributed by atoms with Crippen LogP contribution in [0.4, 0.5) is 0 Å². The number of hydrogen-bond acceptors (Lipinski definition) is 6. The van der Waals surface area contributed by atoms with E-state index in [0.29, 0.717) is 25.1 Å². The Hall–Kier alpha value is -2.64. The molecule has 1 saturated heterocycles. The van der Waals surface area contributed by atoms with E-state index in [0.717, 1.165) is 42.6 Å². The van der Waals surface area contributed by atoms with E-state index in [1.807, 2.05) is 30.3 Å². The zero-order valence-electron chi connectivity index (χ0n) is 17.4. The van der Waals surface area contributed by atoms with Gasteiger partial charge in [-0.1, -0.05) is 30.3 Å². The van der Waals surface area contributed by atoms with Gasteiger partial charge in [-0.25, -0.2) is 4.79 Å². The van der Waals surface area contributed by atoms with Crippen molar-refractivity contribution in [2.75, 3.05) is 20.3 Å². The minimum absolute atomic E-state index is 0.190. The van der Waals surface area contributed by atoms with E-state index in [1.165, 1.54) is 7.11 Å². The van der Waals surface area contributed by atoms with Crippen molar-refractivity contribution < 1.29 is 28.5 Å². The second-order valence-electron chi connectivity index (χ2n) is 7.22. The number of benzene rings is 1. The summed E-state index contributed by atoms with van der Waals surface area (Å²) >= 11 is 0. The molecule has 30 heavy (non-hydrogen) atoms. The molecule has 1 aromatic carbocycles. The van der Waals surface area contributed by atoms with Crippen LogP contribution in [0.15, 0.2) is 36.5 Å². The highest BCUT2D eigenvalue weighted by molar-refractivity contribution is 5.89. The van der Waals surface area contributed by atoms with Crippen molar-refractivity contribution in [2.45, 2.75) is 51.4 Å². The third-order valence-electron chi connectivity index (χ3n) is 5.12. The van der Waals surface area contributed by atoms with Crippen molar-refractivity contribution in [1.82, 2.24) is 4.98 Å². The molecule has 1 aliphatic rings. The van der Waals surface area contributed by atoms with Crippen LogP contribution in [0.1, 0.15) is 52.9 Å². The fourth-order valence-corrected chi connectivity index (χ4v) is 3.45. The van der Waals surface area contributed by atoms with Crippen molar-refractivity contribution in [1.29, 1.82) is 0 Å². The number of aryl methyl sites for hydroxylation is 1. The molecule has 7 heteroatoms. The number of aromatic amines is 1. The van der Waals surface area contributed by atoms with Gasteiger partial charge in [0.15, 0.2) is 6.29 Å². The molecule has 1 fully saturated rings. The van der Waals surface area contributed by atoms with Gasteiger partial charge in [-0.3, -0.25) is 4.79 Å². The lowest BCUT2D eigenvalue weighted by Gasteiger charge is -2.22. The van der Waals surface area contributed by atoms with Gasteiger partial charge in [-0.15, -0.1) is 0 Å². The first-order chi connectivity index (χ1) is 14.7. The first kappa shape index (κ1) is 22.1. The number of carbonyl (C=O) groups excluding carboxylic acids is 2. The predicted molar refractivity (Wildman–Crippen MR) is 110 cm³/mol. The minimum Gasteiger partial charge on any atom is -0.469 e. The maximum absolute atomic E-state index is 12.7. The number of methoxy groups -OCH3 is 1. The van der Waals surface area contributed by atoms with E-state index in [-0.39, 0.29) is 25.3 Å². The fraction of sp³-hybridized carbons (Fsp3) is 0.478. The number of ether oxygens (including phenoxy) is 4. The Kier molecular flexibility index (Phi) is 8.47. The van der Waals surface area contributed by atoms with Crippen molar-refractivity contribution >= 4 is 11.9 Å². The number of rotatable bonds is 10. The van der Waals surface area contributed by atoms with Gasteiger partial charge in [-0.05, 0) is 48.8 Å². The van der Waals surface area contributed by atoms with Crippen LogP contribution in [0.25, 0.3) is 0 Å². The first-order valence-electron chi connectivity index (χ1n) is 10.4. The normalized spacial score (nSPS) is 16.2. The molecule has 0 spiro atoms. The maximum Gasteiger partial charge on any atom is 0.355 e. The third kappa shape index (κ3) is 6.43. The van der Waals surface area contributed by atoms with Crippen molar-refractivity contribution in [3.05, 3.63) is 58.9 Å². The highest BCUT2D eigenvalue weighted by Gasteiger charge is 2.21. The summed E-state index contributed by atoms with van der Waals surface area (Å²) in [7, 11) is 1.37. The zero-order valence-corrected chi connectivity index (χ0v) is 17.4. The van der Waals surface area contributed by atoms with Crippen LogP contribution in [0.2, 0.25) is 0 Å². The van der Waals surface area contributed by atoms with Gasteiger partial charge in [0, 0.05) is 19.2 Å². The first-order valence-corrected chi connectivity index (χ1v) is 10.4. The van der Waals surface area contributed by atoms with Crippen LogP contribution in [0, 0.1) is 0 Å². The van der Waals surface area contributed by atoms with Crippen LogP contribution < -0.4 is 0 Å². The summed E-state index contributed by atoms with van der Waals surface area (Å²) in [6.07, 6.45) is 5.85. The molecule has 3 rings (SSSR count). The number of H-pyrrole nitrogens is 1. The highest BCUT2D eigenvalue weighted by Crippen LogP contribution is 2.20. The van der Waals surface area contributed by atoms with Crippen LogP contribution in [0.5, 0.6) is 0 Å². The maximum atomic E-state index is 12.7. The molecule has 1 unspecified atom stereocenters. The van der Waals surface area contributed by atoms with E-state index in [2.05, 4.69) is 4.98 Å². The number of nitrogens with one attached hydrogen (secondary N) is 1. The number of aromatic nitrogens is 1. The van der Waals surface area contributed by atoms with Gasteiger partial charge in [0.2, 0.25) is 0 Å². The highest BCUT2D eigenvalue weighted by atomic mass is 16.7. The summed E-state index contributed by atoms with van der Waals surface area (Å²) in [6.45, 7) is 1.34. The molecule has 162 valence electrons. The molecule has 7 nitrogen and oxygen atoms in total. The molecule has 0 radical (unpaired) electrons. The number of esters is 2. The lowest BCUT2D eigenvalue weighted by Crippen LogP contribution is -2.23. The summed E-state index contributed by atoms with van der Waals surface area (Å²) in [4.78, 5) is 27.3. The Morgan fingerprint density at radius 2 is 2.00 bits per heavy atom. The Bertz CT molecular complexity index is 810. The monoisotopic (exact) mass is 415 g/mol. The van der Waals surface area contributed by atoms with Gasteiger partial charge in [0.05, 0.1) is 13.7 Å². The van der Waals surface area contributed by atoms with E-state index >= 15 is 0 Å². The van der Waals surface area contributed by atoms with E-state index in [1.54, 1.807) is 6.20 Å². The quantitative estimate of drug-likeness (QED) is 0.597. The van der Waals surface area contributed by atoms with Gasteiger partial charge >= 0.3 is 11.9 Å². The average molecular weight is 415 g/mol. The molecule has 0 amide bonds. The largest absolute Gasteiger partial charge is 0.469 e. The Labute approximate surface area is 176 Å². The number of hydrogen-bond donors (Lipinski definition) is 1. The second-order valence-corrected chi connectivity index (χ2v) is 7.22. The summed E-state index contributed by atoms with van der Waals surface area (Å²) in [5, 5.41) is 0. The van der Waals surface area contributed by atoms with Crippen LogP contribution in [0.3, 0.4) is 0 Å². The predicted octanol–water partition coefficient (Wildman–Crippen LogP) is 3.56. The minimum atomic E-state index is -0.424. The Morgan fingerprint density at radius 1 is 1.17 bits per heavy atom. The van der Waals surface area contributed by atoms with Crippen LogP contribution in [-0.2, 0) is 43.2 Å². The summed E-state index contributed by atoms with van der Waals surface area (Å²) in [5.41, 5.74) is 3.02. The zero-order chi connectivity index (χ0) is 21.2. The molecular formula is C23H29NO6. The van der Waals surface area contributed by atoms with Crippen LogP contribution >= 0.6 is 0 Å². The fourth-order valence-electron chi connectivity index (χ4n) is 3.45. The molecule has 0 saturated carbocycles. The van der Waals surface area contributed by atoms with Crippen molar-refractivity contribution in [2.24, 2.45) is 0 Å². The Balaban J connectivity index is 1.64. The molecule has 2 heterocycles. The van der Waals surface area contributed by atoms with Gasteiger partial charge in [-0.2, -0.15) is 0 Å². The molecule has 1 aliphatic heterocycles. The molecule has 0 bridgehead atoms. The van der Waals surface area contributed by atoms with Crippen molar-refractivity contribution in [3.8, 4) is 0 Å². The lowest BCUT2D eigenvalue weighted by molar-refractivity contribution is -0.161. The third-order valence-corrected chi connectivity index (χ3v) is 5.12. The topological polar surface area (TPSA) is 86.9 Å². The van der Waals surface area contributed by atoms with Crippen LogP contribution in [-0.4, -0.2) is 43.5 Å². The Morgan fingerprint density at radius 3 is 2.73 bits per heavy atom. The van der Waals surface area contributed by atoms with Gasteiger partial charge in [0.1, 0.15) is 12.3 Å². The smallest absolute Gasteiger partial charge is 0.355 e. The molecular weight excluding hydrogens is 386 g/mol. The number of carbonyl (C=O) groups is 2. The second kappa shape index (κ2) is 11.5. The molecule has 1 N–H and O–H groups in total. The van der Waals surface area contributed by atoms with E-state index in [4.69, 9.17) is 18.9 Å². The van der Waals surface area contributed by atoms with E-state index < -0.39 is 5.97 Å². The molecule has 0 aliphatic carbocycles. The van der Waals surface area contributed by atoms with Gasteiger partial charge < -0.3 is 23.9 Å². The van der Waals surface area contributed by atoms with Gasteiger partial charge in [0.25, 0.3) is 0 Å². The average Bonchev–Trinajstić information content (AvgIpc) is 3.20. The summed E-state index contributed by atoms with van der Waals surface area (Å²) in [5.74, 6) is -0.714. The molecule has 1 atom stereocenters. The summed E-state index contributed by atoms with van der Waals surface area (Å²) < 4.78 is 21.7. The summed E-state index contributed by atoms with van der Waals surface area (Å²) in [6, 6.07) is 9.53. The molecule has 1 aromatic heterocycles. The van der Waals surface area contributed by atoms with E-state index in [9.17, 15) is 9.59 Å². The standard InChI is InChI=1S/C23H29NO6/c1-27-20(25)11-10-18-15-24-22(23(26)30-16-17-7-3-2-4-8-17)19(18)12-14-29-21-9-5-6-13-28-21/h2-4,7-8,15,21,24H,5-6,9-14,16H2,1H3. The SMILES string of the molecule is COC(=O)CCc1c[nH]c(C(=O)OCc2ccccc2)c1CCOC1CCCCO1. The molecule has 2 aromatic rings. The van der Waals surface area contributed by atoms with Crippen molar-refractivity contribution in [3.63, 3.8) is 0 Å².